The Balaban J connectivity index is 1.38. The highest BCUT2D eigenvalue weighted by molar-refractivity contribution is 7.92. The van der Waals surface area contributed by atoms with Crippen LogP contribution in [-0.2, 0) is 9.84 Å². The fraction of sp³-hybridized carbons (Fsp3) is 0.364. The first-order valence-corrected chi connectivity index (χ1v) is 13.3. The van der Waals surface area contributed by atoms with Gasteiger partial charge in [-0.1, -0.05) is 18.2 Å². The summed E-state index contributed by atoms with van der Waals surface area (Å²) in [6.07, 6.45) is 8.98. The van der Waals surface area contributed by atoms with Crippen LogP contribution < -0.4 is 11.1 Å². The van der Waals surface area contributed by atoms with E-state index in [0.717, 1.165) is 29.0 Å². The van der Waals surface area contributed by atoms with Gasteiger partial charge in [0.2, 0.25) is 0 Å². The Labute approximate surface area is 195 Å². The smallest absolute Gasteiger partial charge is 0.270 e. The Kier molecular flexibility index (Phi) is 5.85. The number of anilines is 1. The zero-order valence-corrected chi connectivity index (χ0v) is 19.7. The maximum atomic E-state index is 13.0. The molecule has 0 spiro atoms. The van der Waals surface area contributed by atoms with E-state index in [2.05, 4.69) is 25.5 Å². The van der Waals surface area contributed by atoms with Crippen LogP contribution in [0.2, 0.25) is 0 Å². The van der Waals surface area contributed by atoms with Gasteiger partial charge in [0, 0.05) is 6.54 Å². The van der Waals surface area contributed by atoms with E-state index in [-0.39, 0.29) is 17.0 Å². The molecule has 3 N–H and O–H groups in total. The molecule has 2 aliphatic rings. The molecule has 1 fully saturated rings. The molecule has 0 saturated carbocycles. The van der Waals surface area contributed by atoms with Crippen molar-refractivity contribution in [3.05, 3.63) is 47.1 Å². The second-order valence-electron chi connectivity index (χ2n) is 8.18. The van der Waals surface area contributed by atoms with E-state index in [9.17, 15) is 8.42 Å². The molecule has 0 aromatic carbocycles. The van der Waals surface area contributed by atoms with E-state index in [4.69, 9.17) is 10.2 Å². The topological polar surface area (TPSA) is 137 Å². The Bertz CT molecular complexity index is 1340. The number of nitrogens with two attached hydrogens (primary N) is 1. The van der Waals surface area contributed by atoms with Crippen LogP contribution in [0, 0.1) is 6.92 Å². The lowest BCUT2D eigenvalue weighted by molar-refractivity contribution is 0.493. The molecule has 3 aromatic rings. The lowest BCUT2D eigenvalue weighted by atomic mass is 10.0. The van der Waals surface area contributed by atoms with Crippen LogP contribution in [-0.4, -0.2) is 52.2 Å². The zero-order valence-electron chi connectivity index (χ0n) is 18.1. The average Bonchev–Trinajstić information content (AvgIpc) is 3.49. The number of piperidine rings is 1. The molecule has 1 unspecified atom stereocenters. The van der Waals surface area contributed by atoms with Crippen molar-refractivity contribution in [1.82, 2.24) is 25.5 Å². The molecular weight excluding hydrogens is 460 g/mol. The molecule has 172 valence electrons. The second-order valence-corrected chi connectivity index (χ2v) is 11.6. The Morgan fingerprint density at radius 1 is 1.27 bits per heavy atom. The predicted molar refractivity (Wildman–Crippen MR) is 128 cm³/mol. The van der Waals surface area contributed by atoms with E-state index in [0.29, 0.717) is 36.7 Å². The minimum Gasteiger partial charge on any atom is -0.414 e. The first-order valence-electron chi connectivity index (χ1n) is 10.8. The number of sulfone groups is 1. The van der Waals surface area contributed by atoms with Gasteiger partial charge < -0.3 is 15.5 Å². The Morgan fingerprint density at radius 3 is 2.82 bits per heavy atom. The number of nitrogen functional groups attached to an aromatic ring is 1. The molecule has 3 aromatic heterocycles. The van der Waals surface area contributed by atoms with Crippen LogP contribution in [0.5, 0.6) is 0 Å². The van der Waals surface area contributed by atoms with Crippen LogP contribution in [0.3, 0.4) is 0 Å². The summed E-state index contributed by atoms with van der Waals surface area (Å²) in [5.74, 6) is 0.781. The number of hydrogen-bond donors (Lipinski definition) is 2. The minimum absolute atomic E-state index is 0.183. The highest BCUT2D eigenvalue weighted by Gasteiger charge is 2.34. The molecule has 1 aliphatic heterocycles. The molecule has 33 heavy (non-hydrogen) atoms. The van der Waals surface area contributed by atoms with Gasteiger partial charge in [-0.05, 0) is 55.3 Å². The summed E-state index contributed by atoms with van der Waals surface area (Å²) in [5.41, 5.74) is 8.75. The van der Waals surface area contributed by atoms with Crippen LogP contribution in [0.25, 0.3) is 27.9 Å². The van der Waals surface area contributed by atoms with Crippen molar-refractivity contribution >= 4 is 32.6 Å². The standard InChI is InChI=1S/C22H24N6O3S2/c1-13-8-10-32-19(13)22-28-27-21(31-22)18-20(23)25-12-17(26-18)14-4-6-15(7-5-14)33(29,30)16-3-2-9-24-11-16/h4-6,8,10,12,15-16,24H,2-3,7,9,11H2,1H3,(H2,23,25)/t15?,16-/m1/s1. The average molecular weight is 485 g/mol. The third-order valence-electron chi connectivity index (χ3n) is 5.98. The number of aryl methyl sites for hydroxylation is 1. The Hall–Kier alpha value is -2.89. The molecule has 11 heteroatoms. The summed E-state index contributed by atoms with van der Waals surface area (Å²) in [6, 6.07) is 1.98. The maximum absolute atomic E-state index is 13.0. The number of nitrogens with one attached hydrogen (secondary N) is 1. The number of rotatable bonds is 5. The van der Waals surface area contributed by atoms with Crippen LogP contribution >= 0.6 is 11.3 Å². The molecule has 1 aliphatic carbocycles. The van der Waals surface area contributed by atoms with Crippen molar-refractivity contribution in [3.8, 4) is 22.4 Å². The summed E-state index contributed by atoms with van der Waals surface area (Å²) < 4.78 is 31.8. The molecule has 0 amide bonds. The quantitative estimate of drug-likeness (QED) is 0.560. The number of nitrogens with zero attached hydrogens (tertiary/aromatic N) is 4. The molecule has 9 nitrogen and oxygen atoms in total. The predicted octanol–water partition coefficient (Wildman–Crippen LogP) is 3.02. The van der Waals surface area contributed by atoms with E-state index in [1.54, 1.807) is 18.3 Å². The molecule has 0 radical (unpaired) electrons. The lowest BCUT2D eigenvalue weighted by Crippen LogP contribution is -2.42. The summed E-state index contributed by atoms with van der Waals surface area (Å²) in [5, 5.41) is 12.5. The van der Waals surface area contributed by atoms with Crippen molar-refractivity contribution < 1.29 is 12.8 Å². The normalized spacial score (nSPS) is 21.2. The Morgan fingerprint density at radius 2 is 2.12 bits per heavy atom. The first kappa shape index (κ1) is 21.9. The van der Waals surface area contributed by atoms with Gasteiger partial charge in [-0.2, -0.15) is 0 Å². The summed E-state index contributed by atoms with van der Waals surface area (Å²) in [4.78, 5) is 9.75. The monoisotopic (exact) mass is 484 g/mol. The van der Waals surface area contributed by atoms with Gasteiger partial charge in [0.1, 0.15) is 0 Å². The van der Waals surface area contributed by atoms with Crippen molar-refractivity contribution in [1.29, 1.82) is 0 Å². The summed E-state index contributed by atoms with van der Waals surface area (Å²) in [7, 11) is -3.25. The summed E-state index contributed by atoms with van der Waals surface area (Å²) >= 11 is 1.52. The third-order valence-corrected chi connectivity index (χ3v) is 9.51. The van der Waals surface area contributed by atoms with Crippen LogP contribution in [0.15, 0.2) is 40.3 Å². The highest BCUT2D eigenvalue weighted by atomic mass is 32.2. The van der Waals surface area contributed by atoms with Gasteiger partial charge in [-0.15, -0.1) is 21.5 Å². The fourth-order valence-electron chi connectivity index (χ4n) is 4.08. The number of thiophene rings is 1. The van der Waals surface area contributed by atoms with E-state index < -0.39 is 15.1 Å². The van der Waals surface area contributed by atoms with Gasteiger partial charge in [0.05, 0.1) is 27.3 Å². The van der Waals surface area contributed by atoms with Crippen molar-refractivity contribution in [2.75, 3.05) is 18.8 Å². The van der Waals surface area contributed by atoms with Crippen molar-refractivity contribution in [3.63, 3.8) is 0 Å². The summed E-state index contributed by atoms with van der Waals surface area (Å²) in [6.45, 7) is 3.38. The number of aromatic nitrogens is 4. The van der Waals surface area contributed by atoms with E-state index in [1.165, 1.54) is 11.3 Å². The minimum atomic E-state index is -3.25. The molecule has 5 rings (SSSR count). The van der Waals surface area contributed by atoms with Gasteiger partial charge in [0.25, 0.3) is 11.8 Å². The van der Waals surface area contributed by atoms with Crippen LogP contribution in [0.1, 0.15) is 30.5 Å². The third kappa shape index (κ3) is 4.23. The van der Waals surface area contributed by atoms with Gasteiger partial charge in [-0.3, -0.25) is 0 Å². The van der Waals surface area contributed by atoms with Gasteiger partial charge in [-0.25, -0.2) is 18.4 Å². The highest BCUT2D eigenvalue weighted by Crippen LogP contribution is 2.32. The fourth-order valence-corrected chi connectivity index (χ4v) is 6.93. The molecular formula is C22H24N6O3S2. The molecule has 2 atom stereocenters. The zero-order chi connectivity index (χ0) is 23.0. The molecule has 1 saturated heterocycles. The first-order chi connectivity index (χ1) is 15.9. The lowest BCUT2D eigenvalue weighted by Gasteiger charge is -2.27. The second kappa shape index (κ2) is 8.81. The van der Waals surface area contributed by atoms with Gasteiger partial charge >= 0.3 is 0 Å². The number of allylic oxidation sites excluding steroid dienone is 3. The van der Waals surface area contributed by atoms with Crippen molar-refractivity contribution in [2.45, 2.75) is 36.7 Å². The van der Waals surface area contributed by atoms with Crippen molar-refractivity contribution in [2.24, 2.45) is 0 Å². The largest absolute Gasteiger partial charge is 0.414 e. The van der Waals surface area contributed by atoms with Crippen LogP contribution in [0.4, 0.5) is 5.82 Å². The SMILES string of the molecule is Cc1ccsc1-c1nnc(-c2nc(C3=CCC(S(=O)(=O)[C@@H]4CCCNC4)C=C3)cnc2N)o1. The maximum Gasteiger partial charge on any atom is 0.270 e. The van der Waals surface area contributed by atoms with E-state index in [1.807, 2.05) is 24.4 Å². The van der Waals surface area contributed by atoms with E-state index >= 15 is 0 Å². The number of hydrogen-bond acceptors (Lipinski definition) is 10. The van der Waals surface area contributed by atoms with Gasteiger partial charge in [0.15, 0.2) is 21.3 Å². The molecule has 0 bridgehead atoms. The molecule has 4 heterocycles.